The fraction of sp³-hybridized carbons (Fsp3) is 0.0541. The maximum atomic E-state index is 6.64. The molecule has 7 heterocycles. The molecule has 12 nitrogen and oxygen atoms in total. The Morgan fingerprint density at radius 1 is 0.234 bits per heavy atom. The Hall–Kier alpha value is -15.8. The highest BCUT2D eigenvalue weighted by atomic mass is 32.1. The summed E-state index contributed by atoms with van der Waals surface area (Å²) in [5.74, 6) is 5.78. The average molecular weight is 1610 g/mol. The molecule has 2 aliphatic carbocycles. The van der Waals surface area contributed by atoms with Gasteiger partial charge in [0.2, 0.25) is 0 Å². The number of hydrogen-bond donors (Lipinski definition) is 0. The first kappa shape index (κ1) is 73.3. The quantitative estimate of drug-likeness (QED) is 0.129. The smallest absolute Gasteiger partial charge is 0.167 e. The first-order valence-corrected chi connectivity index (χ1v) is 42.5. The molecule has 0 amide bonds. The van der Waals surface area contributed by atoms with Crippen LogP contribution in [0.2, 0.25) is 0 Å². The molecule has 0 aliphatic heterocycles. The summed E-state index contributed by atoms with van der Waals surface area (Å²) in [4.78, 5) is 44.4. The number of nitrogens with zero attached hydrogens (tertiary/aromatic N) is 10. The number of hydrogen-bond acceptors (Lipinski definition) is 12. The molecule has 13 heteroatoms. The molecule has 0 atom stereocenters. The largest absolute Gasteiger partial charge is 0.455 e. The van der Waals surface area contributed by atoms with Crippen LogP contribution in [0.15, 0.2) is 385 Å². The zero-order valence-electron chi connectivity index (χ0n) is 68.0. The van der Waals surface area contributed by atoms with E-state index in [0.29, 0.717) is 52.4 Å². The van der Waals surface area contributed by atoms with Crippen LogP contribution in [-0.4, -0.2) is 49.4 Å². The van der Waals surface area contributed by atoms with Gasteiger partial charge in [0.05, 0.1) is 16.6 Å². The zero-order valence-corrected chi connectivity index (χ0v) is 68.8. The Kier molecular flexibility index (Phi) is 17.5. The first-order valence-electron chi connectivity index (χ1n) is 41.7. The molecule has 25 rings (SSSR count). The van der Waals surface area contributed by atoms with Gasteiger partial charge >= 0.3 is 0 Å². The van der Waals surface area contributed by atoms with Crippen molar-refractivity contribution < 1.29 is 8.83 Å². The van der Waals surface area contributed by atoms with Gasteiger partial charge in [-0.1, -0.05) is 313 Å². The maximum Gasteiger partial charge on any atom is 0.167 e. The van der Waals surface area contributed by atoms with E-state index in [9.17, 15) is 0 Å². The van der Waals surface area contributed by atoms with Gasteiger partial charge in [0.1, 0.15) is 22.3 Å². The second kappa shape index (κ2) is 29.6. The molecule has 0 N–H and O–H groups in total. The molecule has 2 aliphatic rings. The van der Waals surface area contributed by atoms with E-state index in [0.717, 1.165) is 99.6 Å². The predicted molar refractivity (Wildman–Crippen MR) is 505 cm³/mol. The van der Waals surface area contributed by atoms with Crippen LogP contribution in [0.1, 0.15) is 49.9 Å². The molecule has 586 valence electrons. The zero-order chi connectivity index (χ0) is 82.7. The summed E-state index contributed by atoms with van der Waals surface area (Å²) in [6, 6.07) is 130. The van der Waals surface area contributed by atoms with Crippen LogP contribution in [0.3, 0.4) is 0 Å². The Morgan fingerprint density at radius 2 is 0.645 bits per heavy atom. The van der Waals surface area contributed by atoms with Crippen molar-refractivity contribution in [3.63, 3.8) is 0 Å². The number of aromatic nitrogens is 10. The van der Waals surface area contributed by atoms with Gasteiger partial charge in [0, 0.05) is 114 Å². The lowest BCUT2D eigenvalue weighted by Crippen LogP contribution is -2.15. The maximum absolute atomic E-state index is 6.64. The monoisotopic (exact) mass is 1610 g/mol. The van der Waals surface area contributed by atoms with E-state index < -0.39 is 0 Å². The van der Waals surface area contributed by atoms with Crippen molar-refractivity contribution in [2.45, 2.75) is 38.5 Å². The van der Waals surface area contributed by atoms with Crippen LogP contribution in [0, 0.1) is 0 Å². The van der Waals surface area contributed by atoms with Gasteiger partial charge in [-0.3, -0.25) is 0 Å². The van der Waals surface area contributed by atoms with Crippen LogP contribution in [0.4, 0.5) is 0 Å². The summed E-state index contributed by atoms with van der Waals surface area (Å²) in [6.45, 7) is 9.28. The highest BCUT2D eigenvalue weighted by Crippen LogP contribution is 2.56. The normalized spacial score (nSPS) is 12.8. The summed E-state index contributed by atoms with van der Waals surface area (Å²) in [5, 5.41) is 9.31. The predicted octanol–water partition coefficient (Wildman–Crippen LogP) is 28.5. The minimum absolute atomic E-state index is 0.0489. The molecule has 124 heavy (non-hydrogen) atoms. The SMILES string of the molecule is CC1(C)c2ccccc2-c2c1cc(-c1nc(-c3ccccc3)nc(-c3ccccc3)n1)c1oc3ccccc3c21.CC1(C)c2ccccc2-c2cc3c(cc21)c1ccccc1n3-c1ccc(-c2nc(-c3ccccc3)nc(-c3ccccc3)n2)cc1.c1ccc(-c2nc(-c3ccccc3)nc(-c3ccc4oc5c(ccc6sc7ccccc7c65)c4c3)n2)cc1. The minimum Gasteiger partial charge on any atom is -0.455 e. The van der Waals surface area contributed by atoms with Crippen LogP contribution in [0.5, 0.6) is 0 Å². The minimum atomic E-state index is -0.190. The van der Waals surface area contributed by atoms with Crippen LogP contribution < -0.4 is 0 Å². The van der Waals surface area contributed by atoms with Crippen molar-refractivity contribution >= 4 is 97.2 Å². The molecule has 0 radical (unpaired) electrons. The molecule has 23 aromatic rings. The van der Waals surface area contributed by atoms with Crippen molar-refractivity contribution in [2.75, 3.05) is 0 Å². The van der Waals surface area contributed by atoms with E-state index in [2.05, 4.69) is 202 Å². The topological polar surface area (TPSA) is 147 Å². The Bertz CT molecular complexity index is 7980. The van der Waals surface area contributed by atoms with E-state index in [1.54, 1.807) is 11.3 Å². The molecule has 0 spiro atoms. The summed E-state index contributed by atoms with van der Waals surface area (Å²) in [7, 11) is 0. The lowest BCUT2D eigenvalue weighted by atomic mass is 9.81. The first-order chi connectivity index (χ1) is 61.0. The van der Waals surface area contributed by atoms with Crippen molar-refractivity contribution in [1.82, 2.24) is 49.4 Å². The van der Waals surface area contributed by atoms with Gasteiger partial charge in [0.15, 0.2) is 52.4 Å². The second-order valence-corrected chi connectivity index (χ2v) is 33.7. The molecule has 0 fully saturated rings. The Labute approximate surface area is 717 Å². The van der Waals surface area contributed by atoms with Gasteiger partial charge in [-0.25, -0.2) is 44.9 Å². The van der Waals surface area contributed by atoms with E-state index in [-0.39, 0.29) is 10.8 Å². The fourth-order valence-corrected chi connectivity index (χ4v) is 19.5. The third-order valence-electron chi connectivity index (χ3n) is 24.5. The Morgan fingerprint density at radius 3 is 1.19 bits per heavy atom. The molecule has 16 aromatic carbocycles. The number of benzene rings is 16. The highest BCUT2D eigenvalue weighted by molar-refractivity contribution is 7.26. The number of furan rings is 2. The number of fused-ring (bicyclic) bond motifs is 20. The lowest BCUT2D eigenvalue weighted by molar-refractivity contribution is 0.657. The number of rotatable bonds is 10. The number of thiophene rings is 1. The lowest BCUT2D eigenvalue weighted by Gasteiger charge is -2.22. The van der Waals surface area contributed by atoms with Crippen LogP contribution >= 0.6 is 11.3 Å². The van der Waals surface area contributed by atoms with Crippen molar-refractivity contribution in [2.24, 2.45) is 0 Å². The average Bonchev–Trinajstić information content (AvgIpc) is 1.54. The van der Waals surface area contributed by atoms with E-state index in [1.807, 2.05) is 206 Å². The van der Waals surface area contributed by atoms with E-state index in [4.69, 9.17) is 53.7 Å². The summed E-state index contributed by atoms with van der Waals surface area (Å²) >= 11 is 1.80. The van der Waals surface area contributed by atoms with Crippen LogP contribution in [-0.2, 0) is 10.8 Å². The highest BCUT2D eigenvalue weighted by Gasteiger charge is 2.40. The van der Waals surface area contributed by atoms with E-state index >= 15 is 0 Å². The third kappa shape index (κ3) is 12.4. The molecular formula is C111H74N10O2S. The van der Waals surface area contributed by atoms with Crippen LogP contribution in [0.25, 0.3) is 216 Å². The molecule has 0 saturated carbocycles. The molecule has 7 aromatic heterocycles. The molecular weight excluding hydrogens is 1540 g/mol. The van der Waals surface area contributed by atoms with Gasteiger partial charge in [-0.15, -0.1) is 11.3 Å². The van der Waals surface area contributed by atoms with Crippen molar-refractivity contribution in [3.05, 3.63) is 398 Å². The summed E-state index contributed by atoms with van der Waals surface area (Å²) in [6.07, 6.45) is 0. The Balaban J connectivity index is 0.000000108. The van der Waals surface area contributed by atoms with Crippen molar-refractivity contribution in [1.29, 1.82) is 0 Å². The fourth-order valence-electron chi connectivity index (χ4n) is 18.4. The van der Waals surface area contributed by atoms with Crippen molar-refractivity contribution in [3.8, 4) is 130 Å². The summed E-state index contributed by atoms with van der Waals surface area (Å²) < 4.78 is 18.0. The standard InChI is InChI=1S/C42H30N4.C36H25N3O.C33H19N3OS/c1-42(2)35-19-11-9-17-31(35)33-26-38-34(25-36(33)42)32-18-10-12-20-37(32)46(38)30-23-21-29(22-24-30)41-44-39(27-13-5-3-6-14-27)43-40(45-41)28-15-7-4-8-16-28;1-36(2)27-19-11-9-17-24(27)30-28(36)21-26(32-31(30)25-18-10-12-20-29(25)40-32)35-38-33(22-13-5-3-6-14-22)37-34(39-35)23-15-7-4-8-16-23;1-3-9-20(10-4-1)31-34-32(21-11-5-2-6-12-21)36-33(35-31)22-15-17-26-25(19-22)23-16-18-28-29(30(23)37-26)24-13-7-8-14-27(24)38-28/h3-26H,1-2H3;3-21H,1-2H3;1-19H. The van der Waals surface area contributed by atoms with Gasteiger partial charge in [-0.2, -0.15) is 0 Å². The molecule has 0 saturated heterocycles. The second-order valence-electron chi connectivity index (χ2n) is 32.6. The summed E-state index contributed by atoms with van der Waals surface area (Å²) in [5.41, 5.74) is 25.7. The number of para-hydroxylation sites is 2. The van der Waals surface area contributed by atoms with E-state index in [1.165, 1.54) is 86.5 Å². The molecule has 0 bridgehead atoms. The van der Waals surface area contributed by atoms with Gasteiger partial charge in [0.25, 0.3) is 0 Å². The molecule has 0 unspecified atom stereocenters. The van der Waals surface area contributed by atoms with Gasteiger partial charge < -0.3 is 13.4 Å². The van der Waals surface area contributed by atoms with Gasteiger partial charge in [-0.05, 0) is 136 Å². The third-order valence-corrected chi connectivity index (χ3v) is 25.7.